The number of hydrogen-bond donors (Lipinski definition) is 1. The summed E-state index contributed by atoms with van der Waals surface area (Å²) in [5, 5.41) is 3.28. The van der Waals surface area contributed by atoms with Crippen molar-refractivity contribution in [2.24, 2.45) is 0 Å². The van der Waals surface area contributed by atoms with Gasteiger partial charge in [-0.25, -0.2) is 4.39 Å². The van der Waals surface area contributed by atoms with Gasteiger partial charge in [-0.1, -0.05) is 13.0 Å². The van der Waals surface area contributed by atoms with Crippen LogP contribution in [0.1, 0.15) is 29.8 Å². The Morgan fingerprint density at radius 2 is 2.10 bits per heavy atom. The molecule has 1 N–H and O–H groups in total. The largest absolute Gasteiger partial charge is 0.497 e. The van der Waals surface area contributed by atoms with E-state index in [-0.39, 0.29) is 11.9 Å². The number of methoxy groups -OCH3 is 1. The van der Waals surface area contributed by atoms with Gasteiger partial charge in [0, 0.05) is 17.8 Å². The topological polar surface area (TPSA) is 34.2 Å². The fraction of sp³-hybridized carbons (Fsp3) is 0.312. The van der Waals surface area contributed by atoms with E-state index in [1.54, 1.807) is 18.3 Å². The number of hydrogen-bond acceptors (Lipinski definition) is 3. The Morgan fingerprint density at radius 1 is 1.30 bits per heavy atom. The van der Waals surface area contributed by atoms with Crippen molar-refractivity contribution >= 4 is 0 Å². The Labute approximate surface area is 118 Å². The minimum absolute atomic E-state index is 0.259. The average Bonchev–Trinajstić information content (AvgIpc) is 2.45. The van der Waals surface area contributed by atoms with Crippen LogP contribution in [0.3, 0.4) is 0 Å². The molecule has 0 bridgehead atoms. The summed E-state index contributed by atoms with van der Waals surface area (Å²) in [4.78, 5) is 4.36. The summed E-state index contributed by atoms with van der Waals surface area (Å²) in [7, 11) is 1.53. The molecule has 1 unspecified atom stereocenters. The zero-order chi connectivity index (χ0) is 14.5. The van der Waals surface area contributed by atoms with Crippen LogP contribution in [0.4, 0.5) is 4.39 Å². The summed E-state index contributed by atoms with van der Waals surface area (Å²) in [6, 6.07) is 8.54. The second-order valence-corrected chi connectivity index (χ2v) is 4.64. The van der Waals surface area contributed by atoms with Crippen molar-refractivity contribution in [3.63, 3.8) is 0 Å². The van der Waals surface area contributed by atoms with E-state index in [9.17, 15) is 4.39 Å². The predicted octanol–water partition coefficient (Wildman–Crippen LogP) is 3.24. The molecule has 0 saturated heterocycles. The molecule has 1 heterocycles. The minimum atomic E-state index is -0.293. The van der Waals surface area contributed by atoms with E-state index < -0.39 is 0 Å². The normalized spacial score (nSPS) is 12.2. The molecule has 20 heavy (non-hydrogen) atoms. The number of nitrogens with zero attached hydrogens (tertiary/aromatic N) is 1. The Kier molecular flexibility index (Phi) is 4.69. The highest BCUT2D eigenvalue weighted by Crippen LogP contribution is 2.26. The third kappa shape index (κ3) is 3.14. The molecule has 3 nitrogen and oxygen atoms in total. The number of rotatable bonds is 5. The molecule has 0 amide bonds. The molecule has 0 radical (unpaired) electrons. The Hall–Kier alpha value is -1.94. The lowest BCUT2D eigenvalue weighted by molar-refractivity contribution is 0.410. The van der Waals surface area contributed by atoms with Crippen LogP contribution < -0.4 is 10.1 Å². The van der Waals surface area contributed by atoms with Crippen LogP contribution in [-0.4, -0.2) is 18.6 Å². The van der Waals surface area contributed by atoms with Gasteiger partial charge in [-0.3, -0.25) is 4.98 Å². The molecule has 2 aromatic rings. The van der Waals surface area contributed by atoms with Crippen molar-refractivity contribution in [3.05, 3.63) is 59.2 Å². The van der Waals surface area contributed by atoms with E-state index in [2.05, 4.69) is 10.3 Å². The van der Waals surface area contributed by atoms with Crippen LogP contribution in [0.2, 0.25) is 0 Å². The number of pyridine rings is 1. The van der Waals surface area contributed by atoms with E-state index in [4.69, 9.17) is 4.74 Å². The molecule has 106 valence electrons. The number of aromatic nitrogens is 1. The van der Waals surface area contributed by atoms with Crippen LogP contribution in [0.25, 0.3) is 0 Å². The highest BCUT2D eigenvalue weighted by atomic mass is 19.1. The van der Waals surface area contributed by atoms with E-state index >= 15 is 0 Å². The van der Waals surface area contributed by atoms with E-state index in [0.717, 1.165) is 17.8 Å². The van der Waals surface area contributed by atoms with Crippen LogP contribution in [0.5, 0.6) is 5.75 Å². The maximum Gasteiger partial charge on any atom is 0.132 e. The molecular formula is C16H19FN2O. The molecule has 1 aromatic carbocycles. The monoisotopic (exact) mass is 274 g/mol. The van der Waals surface area contributed by atoms with Crippen molar-refractivity contribution in [1.29, 1.82) is 0 Å². The highest BCUT2D eigenvalue weighted by Gasteiger charge is 2.18. The molecule has 4 heteroatoms. The maximum atomic E-state index is 14.2. The highest BCUT2D eigenvalue weighted by molar-refractivity contribution is 5.35. The Balaban J connectivity index is 2.43. The van der Waals surface area contributed by atoms with Crippen LogP contribution in [0, 0.1) is 12.7 Å². The fourth-order valence-electron chi connectivity index (χ4n) is 2.16. The zero-order valence-electron chi connectivity index (χ0n) is 12.0. The van der Waals surface area contributed by atoms with Crippen molar-refractivity contribution in [1.82, 2.24) is 10.3 Å². The van der Waals surface area contributed by atoms with Gasteiger partial charge in [0.2, 0.25) is 0 Å². The third-order valence-corrected chi connectivity index (χ3v) is 3.16. The predicted molar refractivity (Wildman–Crippen MR) is 77.4 cm³/mol. The van der Waals surface area contributed by atoms with Gasteiger partial charge in [-0.05, 0) is 37.2 Å². The summed E-state index contributed by atoms with van der Waals surface area (Å²) in [5.41, 5.74) is 2.49. The first-order valence-corrected chi connectivity index (χ1v) is 6.65. The average molecular weight is 274 g/mol. The molecule has 0 aliphatic rings. The smallest absolute Gasteiger partial charge is 0.132 e. The molecule has 1 aromatic heterocycles. The van der Waals surface area contributed by atoms with Gasteiger partial charge >= 0.3 is 0 Å². The van der Waals surface area contributed by atoms with E-state index in [0.29, 0.717) is 11.3 Å². The standard InChI is InChI=1S/C16H19FN2O/c1-4-18-16(15-9-11(2)7-8-19-15)13-6-5-12(20-3)10-14(13)17/h5-10,16,18H,4H2,1-3H3. The first kappa shape index (κ1) is 14.5. The zero-order valence-corrected chi connectivity index (χ0v) is 12.0. The number of aryl methyl sites for hydroxylation is 1. The van der Waals surface area contributed by atoms with Crippen molar-refractivity contribution < 1.29 is 9.13 Å². The first-order chi connectivity index (χ1) is 9.65. The lowest BCUT2D eigenvalue weighted by atomic mass is 10.0. The summed E-state index contributed by atoms with van der Waals surface area (Å²) in [6.45, 7) is 4.72. The second kappa shape index (κ2) is 6.48. The molecule has 0 aliphatic heterocycles. The van der Waals surface area contributed by atoms with Gasteiger partial charge in [-0.15, -0.1) is 0 Å². The molecule has 2 rings (SSSR count). The van der Waals surface area contributed by atoms with Crippen LogP contribution in [-0.2, 0) is 0 Å². The molecule has 0 fully saturated rings. The minimum Gasteiger partial charge on any atom is -0.497 e. The summed E-state index contributed by atoms with van der Waals surface area (Å²) >= 11 is 0. The molecule has 1 atom stereocenters. The number of ether oxygens (including phenoxy) is 1. The van der Waals surface area contributed by atoms with Gasteiger partial charge in [0.25, 0.3) is 0 Å². The SMILES string of the molecule is CCNC(c1cc(C)ccn1)c1ccc(OC)cc1F. The summed E-state index contributed by atoms with van der Waals surface area (Å²) < 4.78 is 19.3. The van der Waals surface area contributed by atoms with Gasteiger partial charge in [0.15, 0.2) is 0 Å². The first-order valence-electron chi connectivity index (χ1n) is 6.65. The lowest BCUT2D eigenvalue weighted by Crippen LogP contribution is -2.24. The van der Waals surface area contributed by atoms with Crippen molar-refractivity contribution in [2.45, 2.75) is 19.9 Å². The molecule has 0 spiro atoms. The van der Waals surface area contributed by atoms with Gasteiger partial charge in [0.1, 0.15) is 11.6 Å². The molecular weight excluding hydrogens is 255 g/mol. The lowest BCUT2D eigenvalue weighted by Gasteiger charge is -2.19. The number of benzene rings is 1. The van der Waals surface area contributed by atoms with E-state index in [1.807, 2.05) is 26.0 Å². The number of nitrogens with one attached hydrogen (secondary N) is 1. The van der Waals surface area contributed by atoms with Crippen LogP contribution >= 0.6 is 0 Å². The summed E-state index contributed by atoms with van der Waals surface area (Å²) in [6.07, 6.45) is 1.75. The quantitative estimate of drug-likeness (QED) is 0.909. The maximum absolute atomic E-state index is 14.2. The van der Waals surface area contributed by atoms with Crippen LogP contribution in [0.15, 0.2) is 36.5 Å². The van der Waals surface area contributed by atoms with Gasteiger partial charge < -0.3 is 10.1 Å². The van der Waals surface area contributed by atoms with Gasteiger partial charge in [-0.2, -0.15) is 0 Å². The molecule has 0 saturated carbocycles. The Morgan fingerprint density at radius 3 is 2.70 bits per heavy atom. The van der Waals surface area contributed by atoms with Crippen molar-refractivity contribution in [3.8, 4) is 5.75 Å². The van der Waals surface area contributed by atoms with E-state index in [1.165, 1.54) is 13.2 Å². The summed E-state index contributed by atoms with van der Waals surface area (Å²) in [5.74, 6) is 0.220. The van der Waals surface area contributed by atoms with Crippen molar-refractivity contribution in [2.75, 3.05) is 13.7 Å². The second-order valence-electron chi connectivity index (χ2n) is 4.64. The van der Waals surface area contributed by atoms with Gasteiger partial charge in [0.05, 0.1) is 18.8 Å². The molecule has 0 aliphatic carbocycles. The number of halogens is 1. The third-order valence-electron chi connectivity index (χ3n) is 3.16. The fourth-order valence-corrected chi connectivity index (χ4v) is 2.16. The Bertz CT molecular complexity index is 586.